The van der Waals surface area contributed by atoms with Crippen LogP contribution in [0.2, 0.25) is 0 Å². The highest BCUT2D eigenvalue weighted by molar-refractivity contribution is 5.99. The summed E-state index contributed by atoms with van der Waals surface area (Å²) in [5.41, 5.74) is 10.5. The van der Waals surface area contributed by atoms with Crippen molar-refractivity contribution in [2.45, 2.75) is 13.3 Å². The fraction of sp³-hybridized carbons (Fsp3) is 0.286. The van der Waals surface area contributed by atoms with Gasteiger partial charge >= 0.3 is 0 Å². The lowest BCUT2D eigenvalue weighted by atomic mass is 10.0. The third-order valence-electron chi connectivity index (χ3n) is 5.81. The Labute approximate surface area is 171 Å². The van der Waals surface area contributed by atoms with Gasteiger partial charge in [-0.3, -0.25) is 9.78 Å². The van der Waals surface area contributed by atoms with Crippen LogP contribution in [0.15, 0.2) is 35.8 Å². The average Bonchev–Trinajstić information content (AvgIpc) is 3.36. The number of hydrogen-bond acceptors (Lipinski definition) is 7. The van der Waals surface area contributed by atoms with Crippen LogP contribution < -0.4 is 16.5 Å². The standard InChI is InChI=1S/C21H20FN7O/c1-10-2-3-24-8-15(10)19-18(22)13-5-17(25-9-16(13)20(23)29-19)28-21(30)14-4-12(14)11-6-26-27-7-11/h2-3,5-6,8-9,11-12,14,27H,4,7H2,1H3,(H2,23,29)(H,25,28,30)/t11?,12-,14+/m1/s1. The van der Waals surface area contributed by atoms with E-state index in [2.05, 4.69) is 30.8 Å². The predicted molar refractivity (Wildman–Crippen MR) is 112 cm³/mol. The van der Waals surface area contributed by atoms with Crippen LogP contribution in [0, 0.1) is 30.5 Å². The van der Waals surface area contributed by atoms with Crippen LogP contribution in [-0.4, -0.2) is 33.6 Å². The molecule has 0 radical (unpaired) electrons. The van der Waals surface area contributed by atoms with Crippen LogP contribution in [0.3, 0.4) is 0 Å². The molecule has 0 spiro atoms. The number of pyridine rings is 3. The fourth-order valence-corrected chi connectivity index (χ4v) is 3.99. The molecule has 3 atom stereocenters. The normalized spacial score (nSPS) is 22.1. The van der Waals surface area contributed by atoms with Crippen LogP contribution in [0.5, 0.6) is 0 Å². The third kappa shape index (κ3) is 3.12. The first-order chi connectivity index (χ1) is 14.5. The van der Waals surface area contributed by atoms with Gasteiger partial charge in [0.15, 0.2) is 5.82 Å². The second kappa shape index (κ2) is 7.01. The zero-order chi connectivity index (χ0) is 20.8. The van der Waals surface area contributed by atoms with Gasteiger partial charge in [-0.05, 0) is 37.0 Å². The van der Waals surface area contributed by atoms with E-state index in [0.29, 0.717) is 10.9 Å². The molecule has 1 unspecified atom stereocenters. The zero-order valence-corrected chi connectivity index (χ0v) is 16.3. The van der Waals surface area contributed by atoms with Gasteiger partial charge in [0.25, 0.3) is 0 Å². The number of anilines is 2. The van der Waals surface area contributed by atoms with Crippen molar-refractivity contribution < 1.29 is 9.18 Å². The van der Waals surface area contributed by atoms with E-state index in [4.69, 9.17) is 5.73 Å². The lowest BCUT2D eigenvalue weighted by molar-refractivity contribution is -0.117. The number of carbonyl (C=O) groups excluding carboxylic acids is 1. The SMILES string of the molecule is Cc1ccncc1-c1nc(N)c2cnc(NC(=O)[C@H]3C[C@@H]3C3C=NNC3)cc2c1F. The molecule has 8 nitrogen and oxygen atoms in total. The van der Waals surface area contributed by atoms with Crippen LogP contribution in [-0.2, 0) is 4.79 Å². The minimum Gasteiger partial charge on any atom is -0.383 e. The summed E-state index contributed by atoms with van der Waals surface area (Å²) in [6.45, 7) is 2.62. The Balaban J connectivity index is 1.45. The Morgan fingerprint density at radius 1 is 1.33 bits per heavy atom. The number of nitrogens with two attached hydrogens (primary N) is 1. The van der Waals surface area contributed by atoms with E-state index in [0.717, 1.165) is 18.5 Å². The van der Waals surface area contributed by atoms with Crippen LogP contribution in [0.25, 0.3) is 22.0 Å². The molecule has 9 heteroatoms. The third-order valence-corrected chi connectivity index (χ3v) is 5.81. The maximum absolute atomic E-state index is 15.4. The number of nitrogens with zero attached hydrogens (tertiary/aromatic N) is 4. The highest BCUT2D eigenvalue weighted by atomic mass is 19.1. The number of rotatable bonds is 4. The number of nitrogens with one attached hydrogen (secondary N) is 2. The first-order valence-corrected chi connectivity index (χ1v) is 9.75. The quantitative estimate of drug-likeness (QED) is 0.614. The maximum Gasteiger partial charge on any atom is 0.228 e. The molecule has 4 N–H and O–H groups in total. The summed E-state index contributed by atoms with van der Waals surface area (Å²) < 4.78 is 15.4. The highest BCUT2D eigenvalue weighted by Crippen LogP contribution is 2.45. The van der Waals surface area contributed by atoms with Gasteiger partial charge in [0.05, 0.1) is 0 Å². The number of fused-ring (bicyclic) bond motifs is 1. The molecule has 3 aromatic heterocycles. The van der Waals surface area contributed by atoms with E-state index < -0.39 is 5.82 Å². The number of hydrazone groups is 1. The molecule has 1 saturated carbocycles. The second-order valence-electron chi connectivity index (χ2n) is 7.76. The Morgan fingerprint density at radius 3 is 2.97 bits per heavy atom. The summed E-state index contributed by atoms with van der Waals surface area (Å²) in [5.74, 6) is 0.295. The Morgan fingerprint density at radius 2 is 2.20 bits per heavy atom. The molecule has 1 aliphatic heterocycles. The van der Waals surface area contributed by atoms with Gasteiger partial charge in [0.2, 0.25) is 5.91 Å². The molecular formula is C21H20FN7O. The van der Waals surface area contributed by atoms with E-state index in [9.17, 15) is 4.79 Å². The monoisotopic (exact) mass is 405 g/mol. The van der Waals surface area contributed by atoms with Gasteiger partial charge in [0.1, 0.15) is 17.3 Å². The minimum atomic E-state index is -0.522. The molecule has 1 amide bonds. The number of aryl methyl sites for hydroxylation is 1. The molecule has 0 bridgehead atoms. The van der Waals surface area contributed by atoms with Crippen LogP contribution >= 0.6 is 0 Å². The predicted octanol–water partition coefficient (Wildman–Crippen LogP) is 2.50. The van der Waals surface area contributed by atoms with Crippen LogP contribution in [0.1, 0.15) is 12.0 Å². The van der Waals surface area contributed by atoms with E-state index in [1.807, 2.05) is 13.1 Å². The van der Waals surface area contributed by atoms with E-state index in [1.54, 1.807) is 18.5 Å². The summed E-state index contributed by atoms with van der Waals surface area (Å²) in [5, 5.41) is 7.48. The second-order valence-corrected chi connectivity index (χ2v) is 7.76. The van der Waals surface area contributed by atoms with Gasteiger partial charge in [-0.1, -0.05) is 0 Å². The Kier molecular flexibility index (Phi) is 4.30. The van der Waals surface area contributed by atoms with Crippen molar-refractivity contribution in [3.05, 3.63) is 42.1 Å². The molecule has 2 aliphatic rings. The van der Waals surface area contributed by atoms with Crippen LogP contribution in [0.4, 0.5) is 16.0 Å². The minimum absolute atomic E-state index is 0.0835. The van der Waals surface area contributed by atoms with Gasteiger partial charge in [0, 0.05) is 59.5 Å². The molecule has 152 valence electrons. The molecule has 1 fully saturated rings. The molecule has 30 heavy (non-hydrogen) atoms. The smallest absolute Gasteiger partial charge is 0.228 e. The number of amides is 1. The summed E-state index contributed by atoms with van der Waals surface area (Å²) >= 11 is 0. The fourth-order valence-electron chi connectivity index (χ4n) is 3.99. The first kappa shape index (κ1) is 18.4. The van der Waals surface area contributed by atoms with Gasteiger partial charge in [-0.25, -0.2) is 14.4 Å². The molecule has 4 heterocycles. The summed E-state index contributed by atoms with van der Waals surface area (Å²) in [6, 6.07) is 3.29. The molecule has 3 aromatic rings. The maximum atomic E-state index is 15.4. The molecule has 5 rings (SSSR count). The summed E-state index contributed by atoms with van der Waals surface area (Å²) in [4.78, 5) is 25.1. The van der Waals surface area contributed by atoms with Gasteiger partial charge in [-0.2, -0.15) is 5.10 Å². The number of aromatic nitrogens is 3. The summed E-state index contributed by atoms with van der Waals surface area (Å²) in [7, 11) is 0. The van der Waals surface area contributed by atoms with Crippen molar-refractivity contribution in [1.82, 2.24) is 20.4 Å². The van der Waals surface area contributed by atoms with E-state index in [1.165, 1.54) is 12.3 Å². The molecular weight excluding hydrogens is 385 g/mol. The van der Waals surface area contributed by atoms with Crippen molar-refractivity contribution in [2.75, 3.05) is 17.6 Å². The van der Waals surface area contributed by atoms with E-state index in [-0.39, 0.29) is 46.4 Å². The number of halogens is 1. The lowest BCUT2D eigenvalue weighted by Crippen LogP contribution is -2.19. The summed E-state index contributed by atoms with van der Waals surface area (Å²) in [6.07, 6.45) is 7.31. The van der Waals surface area contributed by atoms with Gasteiger partial charge < -0.3 is 16.5 Å². The number of nitrogen functional groups attached to an aromatic ring is 1. The molecule has 1 aliphatic carbocycles. The Hall–Kier alpha value is -3.62. The Bertz CT molecular complexity index is 1200. The topological polar surface area (TPSA) is 118 Å². The van der Waals surface area contributed by atoms with Crippen molar-refractivity contribution in [3.63, 3.8) is 0 Å². The average molecular weight is 405 g/mol. The van der Waals surface area contributed by atoms with Crippen molar-refractivity contribution in [2.24, 2.45) is 22.9 Å². The highest BCUT2D eigenvalue weighted by Gasteiger charge is 2.47. The van der Waals surface area contributed by atoms with Crippen molar-refractivity contribution in [3.8, 4) is 11.3 Å². The first-order valence-electron chi connectivity index (χ1n) is 9.75. The molecule has 0 aromatic carbocycles. The molecule has 0 saturated heterocycles. The lowest BCUT2D eigenvalue weighted by Gasteiger charge is -2.12. The van der Waals surface area contributed by atoms with Crippen molar-refractivity contribution in [1.29, 1.82) is 0 Å². The van der Waals surface area contributed by atoms with Gasteiger partial charge in [-0.15, -0.1) is 0 Å². The zero-order valence-electron chi connectivity index (χ0n) is 16.3. The largest absolute Gasteiger partial charge is 0.383 e. The number of hydrogen-bond donors (Lipinski definition) is 3. The number of carbonyl (C=O) groups is 1. The van der Waals surface area contributed by atoms with E-state index >= 15 is 4.39 Å². The van der Waals surface area contributed by atoms with Crippen molar-refractivity contribution >= 4 is 34.5 Å².